The predicted molar refractivity (Wildman–Crippen MR) is 80.7 cm³/mol. The molecule has 0 unspecified atom stereocenters. The second-order valence-electron chi connectivity index (χ2n) is 4.74. The third kappa shape index (κ3) is 2.66. The fraction of sp³-hybridized carbons (Fsp3) is 0.143. The lowest BCUT2D eigenvalue weighted by Crippen LogP contribution is -1.95. The lowest BCUT2D eigenvalue weighted by atomic mass is 10.1. The predicted octanol–water partition coefficient (Wildman–Crippen LogP) is 3.21. The van der Waals surface area contributed by atoms with Crippen molar-refractivity contribution >= 4 is 31.5 Å². The second-order valence-corrected chi connectivity index (χ2v) is 7.96. The minimum Gasteiger partial charge on any atom is -0.227 e. The first-order valence-electron chi connectivity index (χ1n) is 6.09. The Balaban J connectivity index is 2.23. The Kier molecular flexibility index (Phi) is 3.26. The maximum absolute atomic E-state index is 13.3. The largest absolute Gasteiger partial charge is 0.227 e. The summed E-state index contributed by atoms with van der Waals surface area (Å²) in [6.07, 6.45) is 1.12. The first-order valence-corrected chi connectivity index (χ1v) is 8.79. The average molecular weight is 322 g/mol. The van der Waals surface area contributed by atoms with E-state index in [0.29, 0.717) is 21.6 Å². The number of nitrogens with zero attached hydrogens (tertiary/aromatic N) is 2. The maximum Gasteiger partial charge on any atom is 0.211 e. The van der Waals surface area contributed by atoms with E-state index < -0.39 is 9.84 Å². The van der Waals surface area contributed by atoms with Crippen molar-refractivity contribution in [1.82, 2.24) is 9.97 Å². The normalized spacial score (nSPS) is 12.0. The Bertz CT molecular complexity index is 949. The number of thiazole rings is 1. The first-order chi connectivity index (χ1) is 9.84. The van der Waals surface area contributed by atoms with Crippen LogP contribution in [0.25, 0.3) is 21.6 Å². The number of aromatic nitrogens is 2. The fourth-order valence-corrected chi connectivity index (χ4v) is 3.89. The molecule has 7 heteroatoms. The highest BCUT2D eigenvalue weighted by molar-refractivity contribution is 7.92. The Morgan fingerprint density at radius 3 is 2.62 bits per heavy atom. The zero-order chi connectivity index (χ0) is 15.2. The zero-order valence-electron chi connectivity index (χ0n) is 11.3. The van der Waals surface area contributed by atoms with Gasteiger partial charge in [0, 0.05) is 11.8 Å². The van der Waals surface area contributed by atoms with Crippen LogP contribution < -0.4 is 0 Å². The van der Waals surface area contributed by atoms with Gasteiger partial charge in [-0.1, -0.05) is 12.1 Å². The molecule has 0 aliphatic carbocycles. The molecule has 4 nitrogen and oxygen atoms in total. The molecule has 0 saturated heterocycles. The summed E-state index contributed by atoms with van der Waals surface area (Å²) in [6.45, 7) is 1.85. The van der Waals surface area contributed by atoms with Gasteiger partial charge in [0.2, 0.25) is 14.2 Å². The van der Waals surface area contributed by atoms with Crippen molar-refractivity contribution in [1.29, 1.82) is 0 Å². The molecule has 3 aromatic rings. The highest BCUT2D eigenvalue weighted by Gasteiger charge is 2.16. The minimum atomic E-state index is -3.35. The van der Waals surface area contributed by atoms with E-state index in [2.05, 4.69) is 9.97 Å². The van der Waals surface area contributed by atoms with Crippen LogP contribution in [0.15, 0.2) is 34.7 Å². The lowest BCUT2D eigenvalue weighted by molar-refractivity contribution is 0.601. The van der Waals surface area contributed by atoms with Gasteiger partial charge in [0.25, 0.3) is 0 Å². The van der Waals surface area contributed by atoms with E-state index in [-0.39, 0.29) is 10.2 Å². The molecule has 3 rings (SSSR count). The van der Waals surface area contributed by atoms with E-state index in [9.17, 15) is 12.8 Å². The lowest BCUT2D eigenvalue weighted by Gasteiger charge is -2.04. The van der Waals surface area contributed by atoms with Gasteiger partial charge < -0.3 is 0 Å². The van der Waals surface area contributed by atoms with Crippen molar-refractivity contribution in [3.8, 4) is 11.3 Å². The molecule has 108 valence electrons. The molecule has 0 spiro atoms. The molecule has 0 fully saturated rings. The minimum absolute atomic E-state index is 0.0424. The van der Waals surface area contributed by atoms with Crippen LogP contribution in [0.2, 0.25) is 0 Å². The molecule has 0 aliphatic heterocycles. The quantitative estimate of drug-likeness (QED) is 0.727. The number of halogens is 1. The van der Waals surface area contributed by atoms with Gasteiger partial charge in [-0.15, -0.1) is 11.3 Å². The Labute approximate surface area is 125 Å². The summed E-state index contributed by atoms with van der Waals surface area (Å²) in [5.74, 6) is -0.344. The molecule has 0 saturated carbocycles. The van der Waals surface area contributed by atoms with Crippen molar-refractivity contribution < 1.29 is 12.8 Å². The van der Waals surface area contributed by atoms with Gasteiger partial charge in [-0.2, -0.15) is 0 Å². The van der Waals surface area contributed by atoms with E-state index >= 15 is 0 Å². The summed E-state index contributed by atoms with van der Waals surface area (Å²) >= 11 is 1.09. The molecule has 0 N–H and O–H groups in total. The monoisotopic (exact) mass is 322 g/mol. The van der Waals surface area contributed by atoms with Crippen LogP contribution in [0.4, 0.5) is 4.39 Å². The van der Waals surface area contributed by atoms with Gasteiger partial charge in [0.05, 0.1) is 10.4 Å². The third-order valence-electron chi connectivity index (χ3n) is 2.97. The number of sulfone groups is 1. The molecular formula is C14H11FN2O2S2. The summed E-state index contributed by atoms with van der Waals surface area (Å²) < 4.78 is 37.2. The standard InChI is InChI=1S/C14H11FN2O2S2/c1-8-6-11-13(17-14(20-11)21(2,18)19)16-12(8)9-4-3-5-10(15)7-9/h3-7H,1-2H3. The smallest absolute Gasteiger partial charge is 0.211 e. The number of rotatable bonds is 2. The highest BCUT2D eigenvalue weighted by atomic mass is 32.2. The molecule has 2 aromatic heterocycles. The number of hydrogen-bond donors (Lipinski definition) is 0. The number of fused-ring (bicyclic) bond motifs is 1. The summed E-state index contributed by atoms with van der Waals surface area (Å²) in [6, 6.07) is 7.95. The molecule has 0 radical (unpaired) electrons. The topological polar surface area (TPSA) is 59.9 Å². The molecule has 0 aliphatic rings. The van der Waals surface area contributed by atoms with Crippen LogP contribution in [0, 0.1) is 12.7 Å². The molecule has 2 heterocycles. The van der Waals surface area contributed by atoms with Gasteiger partial charge in [-0.25, -0.2) is 22.8 Å². The number of aryl methyl sites for hydroxylation is 1. The molecule has 0 atom stereocenters. The first kappa shape index (κ1) is 14.1. The van der Waals surface area contributed by atoms with Gasteiger partial charge in [0.15, 0.2) is 5.65 Å². The third-order valence-corrected chi connectivity index (χ3v) is 5.64. The van der Waals surface area contributed by atoms with Crippen LogP contribution in [-0.2, 0) is 9.84 Å². The van der Waals surface area contributed by atoms with Crippen molar-refractivity contribution in [2.75, 3.05) is 6.26 Å². The second kappa shape index (κ2) is 4.85. The van der Waals surface area contributed by atoms with Crippen molar-refractivity contribution in [3.63, 3.8) is 0 Å². The van der Waals surface area contributed by atoms with E-state index in [1.165, 1.54) is 12.1 Å². The Hall–Kier alpha value is -1.86. The van der Waals surface area contributed by atoms with Gasteiger partial charge in [-0.05, 0) is 30.7 Å². The number of pyridine rings is 1. The molecule has 0 bridgehead atoms. The van der Waals surface area contributed by atoms with Crippen LogP contribution in [-0.4, -0.2) is 24.6 Å². The zero-order valence-corrected chi connectivity index (χ0v) is 12.9. The Morgan fingerprint density at radius 2 is 1.95 bits per heavy atom. The van der Waals surface area contributed by atoms with Gasteiger partial charge >= 0.3 is 0 Å². The SMILES string of the molecule is Cc1cc2sc(S(C)(=O)=O)nc2nc1-c1cccc(F)c1. The van der Waals surface area contributed by atoms with Crippen LogP contribution in [0.3, 0.4) is 0 Å². The highest BCUT2D eigenvalue weighted by Crippen LogP contribution is 2.30. The number of benzene rings is 1. The maximum atomic E-state index is 13.3. The molecule has 21 heavy (non-hydrogen) atoms. The van der Waals surface area contributed by atoms with Crippen molar-refractivity contribution in [3.05, 3.63) is 41.7 Å². The van der Waals surface area contributed by atoms with Gasteiger partial charge in [0.1, 0.15) is 5.82 Å². The fourth-order valence-electron chi connectivity index (χ4n) is 2.02. The van der Waals surface area contributed by atoms with Crippen LogP contribution in [0.1, 0.15) is 5.56 Å². The molecule has 0 amide bonds. The molecular weight excluding hydrogens is 311 g/mol. The van der Waals surface area contributed by atoms with Gasteiger partial charge in [-0.3, -0.25) is 0 Å². The van der Waals surface area contributed by atoms with Crippen LogP contribution in [0.5, 0.6) is 0 Å². The van der Waals surface area contributed by atoms with E-state index in [4.69, 9.17) is 0 Å². The van der Waals surface area contributed by atoms with E-state index in [1.807, 2.05) is 13.0 Å². The Morgan fingerprint density at radius 1 is 1.19 bits per heavy atom. The van der Waals surface area contributed by atoms with Crippen LogP contribution >= 0.6 is 11.3 Å². The summed E-state index contributed by atoms with van der Waals surface area (Å²) in [5, 5.41) is 0. The molecule has 1 aromatic carbocycles. The summed E-state index contributed by atoms with van der Waals surface area (Å²) in [5.41, 5.74) is 2.46. The van der Waals surface area contributed by atoms with Crippen molar-refractivity contribution in [2.24, 2.45) is 0 Å². The van der Waals surface area contributed by atoms with E-state index in [0.717, 1.165) is 23.2 Å². The van der Waals surface area contributed by atoms with Crippen molar-refractivity contribution in [2.45, 2.75) is 11.3 Å². The van der Waals surface area contributed by atoms with E-state index in [1.54, 1.807) is 12.1 Å². The summed E-state index contributed by atoms with van der Waals surface area (Å²) in [4.78, 5) is 8.45. The summed E-state index contributed by atoms with van der Waals surface area (Å²) in [7, 11) is -3.35. The number of hydrogen-bond acceptors (Lipinski definition) is 5. The average Bonchev–Trinajstić information content (AvgIpc) is 2.80.